The van der Waals surface area contributed by atoms with Crippen LogP contribution in [0.25, 0.3) is 11.4 Å². The molecule has 1 saturated carbocycles. The first-order chi connectivity index (χ1) is 14.9. The summed E-state index contributed by atoms with van der Waals surface area (Å²) < 4.78 is 37.8. The second-order valence-corrected chi connectivity index (χ2v) is 7.83. The van der Waals surface area contributed by atoms with Crippen LogP contribution in [0.1, 0.15) is 63.1 Å². The van der Waals surface area contributed by atoms with E-state index in [-0.39, 0.29) is 23.2 Å². The maximum atomic E-state index is 13.9. The first-order valence-electron chi connectivity index (χ1n) is 10.3. The molecule has 0 radical (unpaired) electrons. The smallest absolute Gasteiger partial charge is 0.227 e. The Morgan fingerprint density at radius 1 is 1.03 bits per heavy atom. The van der Waals surface area contributed by atoms with E-state index >= 15 is 0 Å². The summed E-state index contributed by atoms with van der Waals surface area (Å²) in [5.41, 5.74) is -0.683. The highest BCUT2D eigenvalue weighted by molar-refractivity contribution is 5.74. The molecule has 2 aromatic heterocycles. The van der Waals surface area contributed by atoms with Crippen LogP contribution in [0.2, 0.25) is 0 Å². The minimum atomic E-state index is -0.637. The summed E-state index contributed by atoms with van der Waals surface area (Å²) in [5.74, 6) is -0.287. The average Bonchev–Trinajstić information content (AvgIpc) is 3.34. The van der Waals surface area contributed by atoms with E-state index in [0.29, 0.717) is 24.6 Å². The number of benzene rings is 1. The van der Waals surface area contributed by atoms with E-state index in [0.717, 1.165) is 56.7 Å². The minimum Gasteiger partial charge on any atom is -0.343 e. The van der Waals surface area contributed by atoms with Crippen LogP contribution in [0.4, 0.5) is 8.78 Å². The zero-order valence-electron chi connectivity index (χ0n) is 17.2. The monoisotopic (exact) mass is 431 g/mol. The normalized spacial score (nSPS) is 16.1. The van der Waals surface area contributed by atoms with Gasteiger partial charge in [-0.3, -0.25) is 4.79 Å². The van der Waals surface area contributed by atoms with Crippen LogP contribution in [-0.2, 0) is 23.2 Å². The summed E-state index contributed by atoms with van der Waals surface area (Å²) in [6.07, 6.45) is 6.32. The number of hydrogen-bond acceptors (Lipinski definition) is 7. The van der Waals surface area contributed by atoms with Crippen LogP contribution < -0.4 is 5.32 Å². The van der Waals surface area contributed by atoms with E-state index in [1.54, 1.807) is 0 Å². The fourth-order valence-corrected chi connectivity index (χ4v) is 3.97. The summed E-state index contributed by atoms with van der Waals surface area (Å²) in [4.78, 5) is 20.5. The number of halogens is 2. The molecule has 1 aliphatic rings. The van der Waals surface area contributed by atoms with Gasteiger partial charge in [0.2, 0.25) is 23.5 Å². The number of aromatic nitrogens is 4. The molecule has 3 aromatic rings. The van der Waals surface area contributed by atoms with Crippen molar-refractivity contribution in [2.45, 2.75) is 63.8 Å². The van der Waals surface area contributed by atoms with Crippen molar-refractivity contribution < 1.29 is 22.6 Å². The Bertz CT molecular complexity index is 1060. The molecule has 0 unspecified atom stereocenters. The number of aryl methyl sites for hydroxylation is 2. The van der Waals surface area contributed by atoms with Gasteiger partial charge in [-0.25, -0.2) is 8.78 Å². The van der Waals surface area contributed by atoms with Crippen LogP contribution in [0.5, 0.6) is 0 Å². The molecule has 1 amide bonds. The van der Waals surface area contributed by atoms with Gasteiger partial charge >= 0.3 is 0 Å². The molecule has 164 valence electrons. The highest BCUT2D eigenvalue weighted by atomic mass is 19.1. The van der Waals surface area contributed by atoms with E-state index in [4.69, 9.17) is 9.05 Å². The third-order valence-electron chi connectivity index (χ3n) is 5.46. The lowest BCUT2D eigenvalue weighted by Gasteiger charge is -2.30. The van der Waals surface area contributed by atoms with Gasteiger partial charge in [0.1, 0.15) is 17.2 Å². The first kappa shape index (κ1) is 21.1. The van der Waals surface area contributed by atoms with Crippen molar-refractivity contribution in [1.82, 2.24) is 25.6 Å². The number of nitrogens with one attached hydrogen (secondary N) is 1. The molecule has 1 fully saturated rings. The molecule has 1 aromatic carbocycles. The van der Waals surface area contributed by atoms with E-state index in [2.05, 4.69) is 25.6 Å². The fraction of sp³-hybridized carbons (Fsp3) is 0.476. The van der Waals surface area contributed by atoms with E-state index in [9.17, 15) is 13.6 Å². The zero-order chi connectivity index (χ0) is 21.8. The lowest BCUT2D eigenvalue weighted by Crippen LogP contribution is -2.45. The van der Waals surface area contributed by atoms with Crippen molar-refractivity contribution in [3.8, 4) is 11.4 Å². The summed E-state index contributed by atoms with van der Waals surface area (Å²) in [5, 5.41) is 10.9. The van der Waals surface area contributed by atoms with E-state index in [1.165, 1.54) is 6.92 Å². The van der Waals surface area contributed by atoms with Gasteiger partial charge < -0.3 is 14.4 Å². The third-order valence-corrected chi connectivity index (χ3v) is 5.46. The molecule has 2 heterocycles. The topological polar surface area (TPSA) is 107 Å². The van der Waals surface area contributed by atoms with Crippen LogP contribution in [0.15, 0.2) is 27.2 Å². The molecular formula is C21H23F2N5O3. The van der Waals surface area contributed by atoms with Crippen molar-refractivity contribution in [3.63, 3.8) is 0 Å². The summed E-state index contributed by atoms with van der Waals surface area (Å²) in [7, 11) is 0. The predicted molar refractivity (Wildman–Crippen MR) is 105 cm³/mol. The van der Waals surface area contributed by atoms with Crippen LogP contribution in [-0.4, -0.2) is 26.2 Å². The highest BCUT2D eigenvalue weighted by Crippen LogP contribution is 2.34. The SMILES string of the molecule is CC(=O)NC1(c2noc(CCc3nc(-c4cc(F)ccc4F)no3)n2)CCCCCC1. The minimum absolute atomic E-state index is 0.0266. The Balaban J connectivity index is 1.46. The summed E-state index contributed by atoms with van der Waals surface area (Å²) in [6.45, 7) is 1.49. The molecule has 0 saturated heterocycles. The molecule has 0 spiro atoms. The summed E-state index contributed by atoms with van der Waals surface area (Å²) in [6, 6.07) is 3.05. The van der Waals surface area contributed by atoms with Gasteiger partial charge in [0.15, 0.2) is 5.82 Å². The number of carbonyl (C=O) groups excluding carboxylic acids is 1. The number of amides is 1. The molecule has 31 heavy (non-hydrogen) atoms. The highest BCUT2D eigenvalue weighted by Gasteiger charge is 2.38. The van der Waals surface area contributed by atoms with Gasteiger partial charge in [-0.2, -0.15) is 9.97 Å². The second kappa shape index (κ2) is 8.91. The lowest BCUT2D eigenvalue weighted by molar-refractivity contribution is -0.121. The van der Waals surface area contributed by atoms with Crippen molar-refractivity contribution >= 4 is 5.91 Å². The number of hydrogen-bond donors (Lipinski definition) is 1. The van der Waals surface area contributed by atoms with Gasteiger partial charge in [-0.05, 0) is 31.0 Å². The molecule has 0 aliphatic heterocycles. The summed E-state index contributed by atoms with van der Waals surface area (Å²) >= 11 is 0. The van der Waals surface area contributed by atoms with Crippen molar-refractivity contribution in [3.05, 3.63) is 47.4 Å². The maximum Gasteiger partial charge on any atom is 0.227 e. The molecular weight excluding hydrogens is 408 g/mol. The van der Waals surface area contributed by atoms with Gasteiger partial charge in [-0.15, -0.1) is 0 Å². The number of rotatable bonds is 6. The molecule has 8 nitrogen and oxygen atoms in total. The Hall–Kier alpha value is -3.17. The van der Waals surface area contributed by atoms with Crippen LogP contribution >= 0.6 is 0 Å². The molecule has 10 heteroatoms. The van der Waals surface area contributed by atoms with Gasteiger partial charge in [0.25, 0.3) is 0 Å². The second-order valence-electron chi connectivity index (χ2n) is 7.83. The quantitative estimate of drug-likeness (QED) is 0.591. The molecule has 1 aliphatic carbocycles. The van der Waals surface area contributed by atoms with Gasteiger partial charge in [0.05, 0.1) is 5.56 Å². The largest absolute Gasteiger partial charge is 0.343 e. The fourth-order valence-electron chi connectivity index (χ4n) is 3.97. The predicted octanol–water partition coefficient (Wildman–Crippen LogP) is 3.87. The standard InChI is InChI=1S/C21H23F2N5O3/c1-13(29)26-21(10-4-2-3-5-11-21)20-25-18(31-28-20)9-8-17-24-19(27-30-17)15-12-14(22)6-7-16(15)23/h6-7,12H,2-5,8-11H2,1H3,(H,26,29). The molecule has 0 bridgehead atoms. The van der Waals surface area contributed by atoms with Gasteiger partial charge in [-0.1, -0.05) is 36.0 Å². The van der Waals surface area contributed by atoms with E-state index in [1.807, 2.05) is 0 Å². The van der Waals surface area contributed by atoms with E-state index < -0.39 is 17.2 Å². The Morgan fingerprint density at radius 2 is 1.71 bits per heavy atom. The molecule has 4 rings (SSSR count). The third kappa shape index (κ3) is 4.78. The molecule has 1 N–H and O–H groups in total. The average molecular weight is 431 g/mol. The molecule has 0 atom stereocenters. The van der Waals surface area contributed by atoms with Gasteiger partial charge in [0, 0.05) is 19.8 Å². The zero-order valence-corrected chi connectivity index (χ0v) is 17.2. The number of carbonyl (C=O) groups is 1. The number of nitrogens with zero attached hydrogens (tertiary/aromatic N) is 4. The van der Waals surface area contributed by atoms with Crippen molar-refractivity contribution in [2.24, 2.45) is 0 Å². The Morgan fingerprint density at radius 3 is 2.42 bits per heavy atom. The first-order valence-corrected chi connectivity index (χ1v) is 10.3. The lowest BCUT2D eigenvalue weighted by atomic mass is 9.89. The van der Waals surface area contributed by atoms with Crippen molar-refractivity contribution in [2.75, 3.05) is 0 Å². The Kier molecular flexibility index (Phi) is 6.06. The van der Waals surface area contributed by atoms with Crippen LogP contribution in [0.3, 0.4) is 0 Å². The Labute approximate surface area is 177 Å². The van der Waals surface area contributed by atoms with Crippen LogP contribution in [0, 0.1) is 11.6 Å². The van der Waals surface area contributed by atoms with Crippen molar-refractivity contribution in [1.29, 1.82) is 0 Å². The maximum absolute atomic E-state index is 13.9.